The summed E-state index contributed by atoms with van der Waals surface area (Å²) >= 11 is 3.41. The first-order valence-corrected chi connectivity index (χ1v) is 8.02. The highest BCUT2D eigenvalue weighted by atomic mass is 79.9. The summed E-state index contributed by atoms with van der Waals surface area (Å²) in [4.78, 5) is 12.2. The van der Waals surface area contributed by atoms with Crippen molar-refractivity contribution < 1.29 is 4.79 Å². The van der Waals surface area contributed by atoms with E-state index in [1.807, 2.05) is 24.3 Å². The van der Waals surface area contributed by atoms with E-state index in [4.69, 9.17) is 0 Å². The van der Waals surface area contributed by atoms with E-state index in [-0.39, 0.29) is 11.3 Å². The van der Waals surface area contributed by atoms with Crippen LogP contribution in [0.15, 0.2) is 24.3 Å². The van der Waals surface area contributed by atoms with Crippen LogP contribution in [0.1, 0.15) is 56.0 Å². The highest BCUT2D eigenvalue weighted by Gasteiger charge is 2.20. The third kappa shape index (κ3) is 5.35. The Morgan fingerprint density at radius 3 is 2.47 bits per heavy atom. The van der Waals surface area contributed by atoms with E-state index in [9.17, 15) is 4.79 Å². The predicted molar refractivity (Wildman–Crippen MR) is 85.1 cm³/mol. The summed E-state index contributed by atoms with van der Waals surface area (Å²) in [5.41, 5.74) is 1.90. The van der Waals surface area contributed by atoms with Crippen molar-refractivity contribution in [1.29, 1.82) is 0 Å². The Morgan fingerprint density at radius 2 is 1.84 bits per heavy atom. The Labute approximate surface area is 125 Å². The van der Waals surface area contributed by atoms with Crippen LogP contribution in [-0.2, 0) is 5.41 Å². The highest BCUT2D eigenvalue weighted by Crippen LogP contribution is 2.25. The van der Waals surface area contributed by atoms with Crippen molar-refractivity contribution in [2.75, 3.05) is 11.9 Å². The fraction of sp³-hybridized carbons (Fsp3) is 0.562. The standard InChI is InChI=1S/C16H24BrNO/c1-16(2,3)14-10-6-5-9-13(14)15(19)18-12-8-4-7-11-17/h5-6,9-10H,4,7-8,11-12H2,1-3H3,(H,18,19). The molecule has 1 rings (SSSR count). The average molecular weight is 326 g/mol. The number of unbranched alkanes of at least 4 members (excludes halogenated alkanes) is 2. The van der Waals surface area contributed by atoms with Gasteiger partial charge in [0.05, 0.1) is 0 Å². The Morgan fingerprint density at radius 1 is 1.16 bits per heavy atom. The summed E-state index contributed by atoms with van der Waals surface area (Å²) in [6.07, 6.45) is 3.34. The molecule has 0 spiro atoms. The number of carbonyl (C=O) groups is 1. The van der Waals surface area contributed by atoms with Crippen LogP contribution < -0.4 is 5.32 Å². The zero-order valence-electron chi connectivity index (χ0n) is 12.1. The maximum absolute atomic E-state index is 12.2. The number of carbonyl (C=O) groups excluding carboxylic acids is 1. The van der Waals surface area contributed by atoms with Crippen LogP contribution in [0.5, 0.6) is 0 Å². The van der Waals surface area contributed by atoms with Crippen LogP contribution in [0.25, 0.3) is 0 Å². The third-order valence-corrected chi connectivity index (χ3v) is 3.64. The molecule has 0 saturated heterocycles. The molecule has 1 aromatic rings. The molecule has 106 valence electrons. The SMILES string of the molecule is CC(C)(C)c1ccccc1C(=O)NCCCCCBr. The van der Waals surface area contributed by atoms with Crippen LogP contribution in [0.4, 0.5) is 0 Å². The van der Waals surface area contributed by atoms with Gasteiger partial charge in [0, 0.05) is 17.4 Å². The molecule has 0 radical (unpaired) electrons. The van der Waals surface area contributed by atoms with Gasteiger partial charge in [0.2, 0.25) is 0 Å². The molecule has 0 bridgehead atoms. The maximum atomic E-state index is 12.2. The quantitative estimate of drug-likeness (QED) is 0.613. The summed E-state index contributed by atoms with van der Waals surface area (Å²) in [6, 6.07) is 7.87. The number of nitrogens with one attached hydrogen (secondary N) is 1. The van der Waals surface area contributed by atoms with E-state index < -0.39 is 0 Å². The van der Waals surface area contributed by atoms with Crippen molar-refractivity contribution in [3.8, 4) is 0 Å². The molecule has 0 atom stereocenters. The molecule has 1 N–H and O–H groups in total. The van der Waals surface area contributed by atoms with E-state index in [0.29, 0.717) is 0 Å². The number of rotatable bonds is 6. The topological polar surface area (TPSA) is 29.1 Å². The largest absolute Gasteiger partial charge is 0.352 e. The van der Waals surface area contributed by atoms with Crippen molar-refractivity contribution in [2.24, 2.45) is 0 Å². The molecule has 0 heterocycles. The van der Waals surface area contributed by atoms with Crippen molar-refractivity contribution in [3.05, 3.63) is 35.4 Å². The van der Waals surface area contributed by atoms with Gasteiger partial charge in [-0.2, -0.15) is 0 Å². The van der Waals surface area contributed by atoms with Crippen LogP contribution in [0, 0.1) is 0 Å². The highest BCUT2D eigenvalue weighted by molar-refractivity contribution is 9.09. The molecule has 0 aliphatic rings. The molecule has 0 aliphatic heterocycles. The molecule has 0 aromatic heterocycles. The van der Waals surface area contributed by atoms with Crippen molar-refractivity contribution in [1.82, 2.24) is 5.32 Å². The number of hydrogen-bond acceptors (Lipinski definition) is 1. The summed E-state index contributed by atoms with van der Waals surface area (Å²) < 4.78 is 0. The van der Waals surface area contributed by atoms with Gasteiger partial charge in [0.15, 0.2) is 0 Å². The zero-order chi connectivity index (χ0) is 14.3. The number of benzene rings is 1. The second kappa shape index (κ2) is 7.68. The van der Waals surface area contributed by atoms with Gasteiger partial charge in [0.25, 0.3) is 5.91 Å². The fourth-order valence-corrected chi connectivity index (χ4v) is 2.43. The number of hydrogen-bond donors (Lipinski definition) is 1. The molecule has 3 heteroatoms. The Hall–Kier alpha value is -0.830. The van der Waals surface area contributed by atoms with Crippen LogP contribution in [-0.4, -0.2) is 17.8 Å². The van der Waals surface area contributed by atoms with Crippen molar-refractivity contribution in [2.45, 2.75) is 45.4 Å². The van der Waals surface area contributed by atoms with E-state index in [1.54, 1.807) is 0 Å². The van der Waals surface area contributed by atoms with Gasteiger partial charge in [-0.3, -0.25) is 4.79 Å². The Balaban J connectivity index is 2.62. The van der Waals surface area contributed by atoms with Crippen molar-refractivity contribution in [3.63, 3.8) is 0 Å². The Bertz CT molecular complexity index is 409. The smallest absolute Gasteiger partial charge is 0.251 e. The minimum Gasteiger partial charge on any atom is -0.352 e. The van der Waals surface area contributed by atoms with Gasteiger partial charge in [-0.25, -0.2) is 0 Å². The lowest BCUT2D eigenvalue weighted by Gasteiger charge is -2.22. The molecular weight excluding hydrogens is 302 g/mol. The van der Waals surface area contributed by atoms with Crippen LogP contribution in [0.3, 0.4) is 0 Å². The first-order valence-electron chi connectivity index (χ1n) is 6.90. The van der Waals surface area contributed by atoms with E-state index in [0.717, 1.165) is 42.3 Å². The molecular formula is C16H24BrNO. The van der Waals surface area contributed by atoms with Crippen LogP contribution in [0.2, 0.25) is 0 Å². The summed E-state index contributed by atoms with van der Waals surface area (Å²) in [6.45, 7) is 7.16. The van der Waals surface area contributed by atoms with E-state index >= 15 is 0 Å². The van der Waals surface area contributed by atoms with E-state index in [2.05, 4.69) is 42.0 Å². The molecule has 1 aromatic carbocycles. The molecule has 1 amide bonds. The molecule has 2 nitrogen and oxygen atoms in total. The lowest BCUT2D eigenvalue weighted by molar-refractivity contribution is 0.0951. The molecule has 0 fully saturated rings. The van der Waals surface area contributed by atoms with Crippen LogP contribution >= 0.6 is 15.9 Å². The lowest BCUT2D eigenvalue weighted by atomic mass is 9.83. The first kappa shape index (κ1) is 16.2. The zero-order valence-corrected chi connectivity index (χ0v) is 13.7. The van der Waals surface area contributed by atoms with Gasteiger partial charge < -0.3 is 5.32 Å². The van der Waals surface area contributed by atoms with E-state index in [1.165, 1.54) is 0 Å². The van der Waals surface area contributed by atoms with Gasteiger partial charge in [-0.1, -0.05) is 61.3 Å². The monoisotopic (exact) mass is 325 g/mol. The molecule has 0 unspecified atom stereocenters. The normalized spacial score (nSPS) is 11.4. The number of halogens is 1. The lowest BCUT2D eigenvalue weighted by Crippen LogP contribution is -2.28. The fourth-order valence-electron chi connectivity index (χ4n) is 2.03. The van der Waals surface area contributed by atoms with Crippen molar-refractivity contribution >= 4 is 21.8 Å². The first-order chi connectivity index (χ1) is 8.96. The minimum atomic E-state index is -0.0100. The Kier molecular flexibility index (Phi) is 6.56. The number of amides is 1. The maximum Gasteiger partial charge on any atom is 0.251 e. The third-order valence-electron chi connectivity index (χ3n) is 3.08. The molecule has 0 aliphatic carbocycles. The molecule has 19 heavy (non-hydrogen) atoms. The predicted octanol–water partition coefficient (Wildman–Crippen LogP) is 4.28. The average Bonchev–Trinajstić information content (AvgIpc) is 2.37. The summed E-state index contributed by atoms with van der Waals surface area (Å²) in [7, 11) is 0. The van der Waals surface area contributed by atoms with Gasteiger partial charge in [0.1, 0.15) is 0 Å². The number of alkyl halides is 1. The summed E-state index contributed by atoms with van der Waals surface area (Å²) in [5, 5.41) is 4.05. The van der Waals surface area contributed by atoms with Gasteiger partial charge >= 0.3 is 0 Å². The van der Waals surface area contributed by atoms with Gasteiger partial charge in [-0.15, -0.1) is 0 Å². The minimum absolute atomic E-state index is 0.0100. The summed E-state index contributed by atoms with van der Waals surface area (Å²) in [5.74, 6) is 0.0457. The second-order valence-electron chi connectivity index (χ2n) is 5.80. The second-order valence-corrected chi connectivity index (χ2v) is 6.59. The molecule has 0 saturated carbocycles. The van der Waals surface area contributed by atoms with Gasteiger partial charge in [-0.05, 0) is 29.9 Å².